The van der Waals surface area contributed by atoms with E-state index >= 15 is 0 Å². The molecule has 0 unspecified atom stereocenters. The van der Waals surface area contributed by atoms with Gasteiger partial charge in [0, 0.05) is 22.3 Å². The Morgan fingerprint density at radius 3 is 2.28 bits per heavy atom. The van der Waals surface area contributed by atoms with Crippen LogP contribution in [0.15, 0.2) is 77.3 Å². The minimum Gasteiger partial charge on any atom is -0.455 e. The molecule has 2 aromatic heterocycles. The molecule has 176 valence electrons. The summed E-state index contributed by atoms with van der Waals surface area (Å²) in [7, 11) is 2.16. The summed E-state index contributed by atoms with van der Waals surface area (Å²) < 4.78 is 8.85. The second-order valence-corrected chi connectivity index (χ2v) is 11.0. The number of hydrogen-bond donors (Lipinski definition) is 0. The van der Waals surface area contributed by atoms with Crippen LogP contribution in [0.4, 0.5) is 0 Å². The van der Waals surface area contributed by atoms with Crippen LogP contribution < -0.4 is 4.57 Å². The number of para-hydroxylation sites is 1. The number of aryl methyl sites for hydroxylation is 3. The van der Waals surface area contributed by atoms with E-state index in [-0.39, 0.29) is 5.41 Å². The fourth-order valence-corrected chi connectivity index (χ4v) is 6.71. The molecular formula is C34H30NO+. The number of aromatic nitrogens is 1. The molecule has 0 fully saturated rings. The molecule has 1 aliphatic carbocycles. The van der Waals surface area contributed by atoms with Crippen LogP contribution in [-0.4, -0.2) is 0 Å². The average Bonchev–Trinajstić information content (AvgIpc) is 3.34. The summed E-state index contributed by atoms with van der Waals surface area (Å²) in [5.41, 5.74) is 13.8. The van der Waals surface area contributed by atoms with Crippen molar-refractivity contribution in [1.82, 2.24) is 0 Å². The first-order chi connectivity index (χ1) is 17.3. The topological polar surface area (TPSA) is 17.0 Å². The van der Waals surface area contributed by atoms with Gasteiger partial charge in [0.25, 0.3) is 0 Å². The molecule has 7 rings (SSSR count). The lowest BCUT2D eigenvalue weighted by atomic mass is 9.79. The lowest BCUT2D eigenvalue weighted by Crippen LogP contribution is -2.31. The van der Waals surface area contributed by atoms with Gasteiger partial charge in [-0.3, -0.25) is 0 Å². The van der Waals surface area contributed by atoms with Gasteiger partial charge < -0.3 is 4.42 Å². The minimum absolute atomic E-state index is 0.0658. The largest absolute Gasteiger partial charge is 0.455 e. The van der Waals surface area contributed by atoms with Crippen LogP contribution in [0.5, 0.6) is 0 Å². The third-order valence-corrected chi connectivity index (χ3v) is 8.56. The fourth-order valence-electron chi connectivity index (χ4n) is 6.71. The first kappa shape index (κ1) is 21.4. The average molecular weight is 469 g/mol. The van der Waals surface area contributed by atoms with Crippen molar-refractivity contribution in [3.63, 3.8) is 0 Å². The molecule has 0 bridgehead atoms. The third kappa shape index (κ3) is 2.59. The Kier molecular flexibility index (Phi) is 4.20. The number of rotatable bonds is 1. The SMILES string of the molecule is Cc1cc2c(oc3ccccc32)c(-c2c3cc(C)c4c(c3cc[n+]2C)C(C)(C)c2ccccc2-4)c1C. The second kappa shape index (κ2) is 7.07. The predicted molar refractivity (Wildman–Crippen MR) is 150 cm³/mol. The monoisotopic (exact) mass is 468 g/mol. The summed E-state index contributed by atoms with van der Waals surface area (Å²) in [6.07, 6.45) is 2.22. The Morgan fingerprint density at radius 2 is 1.44 bits per heavy atom. The molecular weight excluding hydrogens is 438 g/mol. The third-order valence-electron chi connectivity index (χ3n) is 8.56. The van der Waals surface area contributed by atoms with Crippen molar-refractivity contribution in [3.8, 4) is 22.4 Å². The Bertz CT molecular complexity index is 1900. The van der Waals surface area contributed by atoms with E-state index in [1.807, 2.05) is 0 Å². The molecule has 0 atom stereocenters. The van der Waals surface area contributed by atoms with Crippen LogP contribution in [0.3, 0.4) is 0 Å². The Labute approximate surface area is 211 Å². The number of furan rings is 1. The highest BCUT2D eigenvalue weighted by molar-refractivity contribution is 6.13. The zero-order chi connectivity index (χ0) is 24.9. The Balaban J connectivity index is 1.66. The van der Waals surface area contributed by atoms with E-state index in [2.05, 4.69) is 119 Å². The maximum atomic E-state index is 6.58. The molecule has 2 heteroatoms. The van der Waals surface area contributed by atoms with Crippen molar-refractivity contribution < 1.29 is 8.98 Å². The molecule has 0 aliphatic heterocycles. The molecule has 0 spiro atoms. The Morgan fingerprint density at radius 1 is 0.722 bits per heavy atom. The highest BCUT2D eigenvalue weighted by Crippen LogP contribution is 2.53. The normalized spacial score (nSPS) is 14.1. The molecule has 2 heterocycles. The first-order valence-corrected chi connectivity index (χ1v) is 12.8. The highest BCUT2D eigenvalue weighted by Gasteiger charge is 2.39. The van der Waals surface area contributed by atoms with Gasteiger partial charge in [0.1, 0.15) is 18.2 Å². The van der Waals surface area contributed by atoms with Crippen molar-refractivity contribution in [2.45, 2.75) is 40.0 Å². The fraction of sp³-hybridized carbons (Fsp3) is 0.206. The van der Waals surface area contributed by atoms with Crippen molar-refractivity contribution in [1.29, 1.82) is 0 Å². The van der Waals surface area contributed by atoms with Crippen LogP contribution in [-0.2, 0) is 12.5 Å². The minimum atomic E-state index is -0.0658. The molecule has 2 nitrogen and oxygen atoms in total. The van der Waals surface area contributed by atoms with E-state index in [9.17, 15) is 0 Å². The molecule has 1 aliphatic rings. The number of hydrogen-bond acceptors (Lipinski definition) is 1. The molecule has 0 amide bonds. The Hall–Kier alpha value is -3.91. The van der Waals surface area contributed by atoms with E-state index in [0.717, 1.165) is 11.2 Å². The van der Waals surface area contributed by atoms with E-state index in [1.165, 1.54) is 71.7 Å². The van der Waals surface area contributed by atoms with Gasteiger partial charge in [0.2, 0.25) is 5.69 Å². The zero-order valence-corrected chi connectivity index (χ0v) is 21.8. The van der Waals surface area contributed by atoms with Crippen molar-refractivity contribution >= 4 is 32.7 Å². The summed E-state index contributed by atoms with van der Waals surface area (Å²) in [6.45, 7) is 11.5. The number of benzene rings is 4. The highest BCUT2D eigenvalue weighted by atomic mass is 16.3. The summed E-state index contributed by atoms with van der Waals surface area (Å²) in [5.74, 6) is 0. The quantitative estimate of drug-likeness (QED) is 0.221. The van der Waals surface area contributed by atoms with Gasteiger partial charge in [-0.15, -0.1) is 0 Å². The summed E-state index contributed by atoms with van der Waals surface area (Å²) >= 11 is 0. The van der Waals surface area contributed by atoms with Crippen molar-refractivity contribution in [3.05, 3.63) is 101 Å². The number of fused-ring (bicyclic) bond motifs is 8. The van der Waals surface area contributed by atoms with E-state index < -0.39 is 0 Å². The number of nitrogens with zero attached hydrogens (tertiary/aromatic N) is 1. The van der Waals surface area contributed by atoms with E-state index in [4.69, 9.17) is 4.42 Å². The van der Waals surface area contributed by atoms with Crippen LogP contribution in [0.1, 0.15) is 41.7 Å². The molecule has 0 radical (unpaired) electrons. The predicted octanol–water partition coefficient (Wildman–Crippen LogP) is 8.46. The molecule has 4 aromatic carbocycles. The smallest absolute Gasteiger partial charge is 0.224 e. The molecule has 0 saturated carbocycles. The zero-order valence-electron chi connectivity index (χ0n) is 21.8. The summed E-state index contributed by atoms with van der Waals surface area (Å²) in [5, 5.41) is 4.97. The van der Waals surface area contributed by atoms with Crippen LogP contribution in [0, 0.1) is 20.8 Å². The van der Waals surface area contributed by atoms with Crippen LogP contribution >= 0.6 is 0 Å². The van der Waals surface area contributed by atoms with Crippen LogP contribution in [0.25, 0.3) is 55.1 Å². The van der Waals surface area contributed by atoms with Gasteiger partial charge in [-0.1, -0.05) is 56.3 Å². The van der Waals surface area contributed by atoms with Crippen molar-refractivity contribution in [2.75, 3.05) is 0 Å². The first-order valence-electron chi connectivity index (χ1n) is 12.8. The molecule has 0 saturated heterocycles. The summed E-state index contributed by atoms with van der Waals surface area (Å²) in [4.78, 5) is 0. The van der Waals surface area contributed by atoms with Gasteiger partial charge in [-0.2, -0.15) is 0 Å². The van der Waals surface area contributed by atoms with Crippen molar-refractivity contribution in [2.24, 2.45) is 7.05 Å². The molecule has 6 aromatic rings. The maximum Gasteiger partial charge on any atom is 0.224 e. The van der Waals surface area contributed by atoms with E-state index in [1.54, 1.807) is 0 Å². The standard InChI is InChI=1S/C34H30NO/c1-19-17-26-22-11-8-10-14-28(22)36-33(26)30(21(19)3)32-25-18-20(2)29-24-12-7-9-13-27(24)34(4,5)31(29)23(25)15-16-35(32)6/h7-18H,1-6H3/q+1. The maximum absolute atomic E-state index is 6.58. The lowest BCUT2D eigenvalue weighted by molar-refractivity contribution is -0.659. The van der Waals surface area contributed by atoms with E-state index in [0.29, 0.717) is 0 Å². The van der Waals surface area contributed by atoms with Gasteiger partial charge in [0.05, 0.1) is 10.9 Å². The second-order valence-electron chi connectivity index (χ2n) is 11.0. The molecule has 36 heavy (non-hydrogen) atoms. The van der Waals surface area contributed by atoms with Gasteiger partial charge in [-0.05, 0) is 83.3 Å². The van der Waals surface area contributed by atoms with Gasteiger partial charge in [0.15, 0.2) is 6.20 Å². The summed E-state index contributed by atoms with van der Waals surface area (Å²) in [6, 6.07) is 24.3. The lowest BCUT2D eigenvalue weighted by Gasteiger charge is -2.24. The molecule has 0 N–H and O–H groups in total. The van der Waals surface area contributed by atoms with Gasteiger partial charge >= 0.3 is 0 Å². The van der Waals surface area contributed by atoms with Gasteiger partial charge in [-0.25, -0.2) is 4.57 Å². The number of pyridine rings is 1. The van der Waals surface area contributed by atoms with Crippen LogP contribution in [0.2, 0.25) is 0 Å².